The zero-order chi connectivity index (χ0) is 25.9. The Hall–Kier alpha value is -4.32. The Labute approximate surface area is 216 Å². The molecule has 1 aliphatic rings. The van der Waals surface area contributed by atoms with Crippen molar-refractivity contribution >= 4 is 17.5 Å². The lowest BCUT2D eigenvalue weighted by atomic mass is 9.87. The van der Waals surface area contributed by atoms with Crippen molar-refractivity contribution in [1.29, 1.82) is 0 Å². The molecule has 0 unspecified atom stereocenters. The predicted octanol–water partition coefficient (Wildman–Crippen LogP) is 6.09. The predicted molar refractivity (Wildman–Crippen MR) is 143 cm³/mol. The van der Waals surface area contributed by atoms with Crippen molar-refractivity contribution in [2.75, 3.05) is 11.9 Å². The van der Waals surface area contributed by atoms with Crippen LogP contribution in [0.3, 0.4) is 0 Å². The Morgan fingerprint density at radius 2 is 1.76 bits per heavy atom. The number of rotatable bonds is 6. The van der Waals surface area contributed by atoms with Crippen LogP contribution in [0.25, 0.3) is 0 Å². The number of benzene rings is 3. The summed E-state index contributed by atoms with van der Waals surface area (Å²) < 4.78 is 11.5. The van der Waals surface area contributed by atoms with E-state index >= 15 is 0 Å². The summed E-state index contributed by atoms with van der Waals surface area (Å²) in [5.41, 5.74) is 6.07. The second-order valence-corrected chi connectivity index (χ2v) is 9.52. The molecular formula is C31H30N2O4. The molecule has 0 bridgehead atoms. The van der Waals surface area contributed by atoms with Crippen LogP contribution in [0.2, 0.25) is 0 Å². The van der Waals surface area contributed by atoms with Crippen LogP contribution in [0.1, 0.15) is 51.3 Å². The number of nitrogens with one attached hydrogen (secondary N) is 1. The topological polar surface area (TPSA) is 71.8 Å². The van der Waals surface area contributed by atoms with Crippen molar-refractivity contribution in [1.82, 2.24) is 4.90 Å². The summed E-state index contributed by atoms with van der Waals surface area (Å²) in [6.45, 7) is 6.32. The molecule has 0 spiro atoms. The molecular weight excluding hydrogens is 464 g/mol. The highest BCUT2D eigenvalue weighted by molar-refractivity contribution is 5.94. The molecule has 4 aromatic rings. The van der Waals surface area contributed by atoms with Crippen LogP contribution in [0.4, 0.5) is 5.69 Å². The molecule has 6 nitrogen and oxygen atoms in total. The van der Waals surface area contributed by atoms with Crippen LogP contribution in [0.15, 0.2) is 89.5 Å². The van der Waals surface area contributed by atoms with E-state index in [1.165, 1.54) is 6.26 Å². The Morgan fingerprint density at radius 1 is 0.973 bits per heavy atom. The largest absolute Gasteiger partial charge is 0.481 e. The van der Waals surface area contributed by atoms with Gasteiger partial charge in [0.05, 0.1) is 12.3 Å². The number of aryl methyl sites for hydroxylation is 2. The van der Waals surface area contributed by atoms with Gasteiger partial charge in [0, 0.05) is 12.2 Å². The minimum Gasteiger partial charge on any atom is -0.481 e. The number of amides is 2. The monoisotopic (exact) mass is 494 g/mol. The van der Waals surface area contributed by atoms with Crippen LogP contribution in [-0.2, 0) is 11.2 Å². The van der Waals surface area contributed by atoms with Gasteiger partial charge in [-0.1, -0.05) is 48.0 Å². The number of anilines is 1. The standard InChI is InChI=1S/C31H30N2O4/c1-20-7-4-9-24(17-20)29-27-19-26(37-22(3)30(34)32-25-10-5-8-21(2)18-25)13-12-23(27)14-15-33(29)31(35)28-11-6-16-36-28/h4-13,16-19,22,29H,14-15H2,1-3H3,(H,32,34)/t22-,29+/m1/s1. The zero-order valence-electron chi connectivity index (χ0n) is 21.2. The van der Waals surface area contributed by atoms with E-state index in [1.807, 2.05) is 79.4 Å². The second-order valence-electron chi connectivity index (χ2n) is 9.52. The van der Waals surface area contributed by atoms with Gasteiger partial charge in [0.25, 0.3) is 11.8 Å². The summed E-state index contributed by atoms with van der Waals surface area (Å²) >= 11 is 0. The van der Waals surface area contributed by atoms with Gasteiger partial charge in [-0.05, 0) is 85.8 Å². The van der Waals surface area contributed by atoms with E-state index < -0.39 is 6.10 Å². The quantitative estimate of drug-likeness (QED) is 0.352. The molecule has 1 aliphatic heterocycles. The third-order valence-electron chi connectivity index (χ3n) is 6.66. The minimum absolute atomic E-state index is 0.153. The van der Waals surface area contributed by atoms with Crippen LogP contribution in [0, 0.1) is 13.8 Å². The Kier molecular flexibility index (Phi) is 6.82. The molecule has 188 valence electrons. The smallest absolute Gasteiger partial charge is 0.290 e. The van der Waals surface area contributed by atoms with Crippen molar-refractivity contribution in [2.24, 2.45) is 0 Å². The highest BCUT2D eigenvalue weighted by Crippen LogP contribution is 2.38. The van der Waals surface area contributed by atoms with Gasteiger partial charge >= 0.3 is 0 Å². The molecule has 1 N–H and O–H groups in total. The first kappa shape index (κ1) is 24.4. The summed E-state index contributed by atoms with van der Waals surface area (Å²) in [6, 6.07) is 24.9. The highest BCUT2D eigenvalue weighted by Gasteiger charge is 2.34. The molecule has 2 atom stereocenters. The third kappa shape index (κ3) is 5.28. The number of furan rings is 1. The third-order valence-corrected chi connectivity index (χ3v) is 6.66. The Bertz CT molecular complexity index is 1430. The van der Waals surface area contributed by atoms with Crippen molar-refractivity contribution in [2.45, 2.75) is 39.3 Å². The van der Waals surface area contributed by atoms with Gasteiger partial charge in [-0.2, -0.15) is 0 Å². The number of carbonyl (C=O) groups excluding carboxylic acids is 2. The normalized spacial score (nSPS) is 15.5. The minimum atomic E-state index is -0.708. The van der Waals surface area contributed by atoms with E-state index in [2.05, 4.69) is 11.4 Å². The Balaban J connectivity index is 1.44. The van der Waals surface area contributed by atoms with E-state index in [1.54, 1.807) is 19.1 Å². The first-order valence-corrected chi connectivity index (χ1v) is 12.5. The average Bonchev–Trinajstić information content (AvgIpc) is 3.42. The maximum absolute atomic E-state index is 13.4. The zero-order valence-corrected chi connectivity index (χ0v) is 21.2. The molecule has 6 heteroatoms. The Morgan fingerprint density at radius 3 is 2.49 bits per heavy atom. The van der Waals surface area contributed by atoms with E-state index in [4.69, 9.17) is 9.15 Å². The first-order chi connectivity index (χ1) is 17.9. The van der Waals surface area contributed by atoms with Gasteiger partial charge in [0.1, 0.15) is 5.75 Å². The number of carbonyl (C=O) groups is 2. The lowest BCUT2D eigenvalue weighted by Crippen LogP contribution is -2.40. The highest BCUT2D eigenvalue weighted by atomic mass is 16.5. The van der Waals surface area contributed by atoms with Crippen molar-refractivity contribution < 1.29 is 18.7 Å². The molecule has 1 aromatic heterocycles. The van der Waals surface area contributed by atoms with Gasteiger partial charge in [-0.15, -0.1) is 0 Å². The summed E-state index contributed by atoms with van der Waals surface area (Å²) in [5, 5.41) is 2.92. The number of fused-ring (bicyclic) bond motifs is 1. The number of hydrogen-bond acceptors (Lipinski definition) is 4. The van der Waals surface area contributed by atoms with E-state index in [0.29, 0.717) is 24.5 Å². The van der Waals surface area contributed by atoms with Gasteiger partial charge in [0.15, 0.2) is 11.9 Å². The number of ether oxygens (including phenoxy) is 1. The van der Waals surface area contributed by atoms with Crippen LogP contribution in [0.5, 0.6) is 5.75 Å². The summed E-state index contributed by atoms with van der Waals surface area (Å²) in [7, 11) is 0. The number of nitrogens with zero attached hydrogens (tertiary/aromatic N) is 1. The van der Waals surface area contributed by atoms with Gasteiger partial charge in [0.2, 0.25) is 0 Å². The molecule has 0 saturated carbocycles. The van der Waals surface area contributed by atoms with E-state index in [-0.39, 0.29) is 17.9 Å². The molecule has 0 aliphatic carbocycles. The summed E-state index contributed by atoms with van der Waals surface area (Å²) in [4.78, 5) is 28.1. The summed E-state index contributed by atoms with van der Waals surface area (Å²) in [6.07, 6.45) is 1.52. The number of hydrogen-bond donors (Lipinski definition) is 1. The average molecular weight is 495 g/mol. The molecule has 37 heavy (non-hydrogen) atoms. The molecule has 2 amide bonds. The van der Waals surface area contributed by atoms with Gasteiger partial charge in [-0.3, -0.25) is 9.59 Å². The van der Waals surface area contributed by atoms with E-state index in [9.17, 15) is 9.59 Å². The van der Waals surface area contributed by atoms with Crippen molar-refractivity contribution in [3.8, 4) is 5.75 Å². The van der Waals surface area contributed by atoms with E-state index in [0.717, 1.165) is 33.5 Å². The van der Waals surface area contributed by atoms with Gasteiger partial charge < -0.3 is 19.4 Å². The fraction of sp³-hybridized carbons (Fsp3) is 0.226. The molecule has 0 saturated heterocycles. The van der Waals surface area contributed by atoms with Crippen LogP contribution < -0.4 is 10.1 Å². The first-order valence-electron chi connectivity index (χ1n) is 12.5. The lowest BCUT2D eigenvalue weighted by Gasteiger charge is -2.37. The fourth-order valence-electron chi connectivity index (χ4n) is 4.85. The molecule has 5 rings (SSSR count). The van der Waals surface area contributed by atoms with Gasteiger partial charge in [-0.25, -0.2) is 0 Å². The molecule has 2 heterocycles. The second kappa shape index (κ2) is 10.3. The maximum atomic E-state index is 13.4. The SMILES string of the molecule is Cc1cccc(NC(=O)[C@@H](C)Oc2ccc3c(c2)[C@H](c2cccc(C)c2)N(C(=O)c2ccco2)CC3)c1. The lowest BCUT2D eigenvalue weighted by molar-refractivity contribution is -0.122. The van der Waals surface area contributed by atoms with Crippen molar-refractivity contribution in [3.63, 3.8) is 0 Å². The van der Waals surface area contributed by atoms with Crippen LogP contribution in [-0.4, -0.2) is 29.4 Å². The summed E-state index contributed by atoms with van der Waals surface area (Å²) in [5.74, 6) is 0.512. The van der Waals surface area contributed by atoms with Crippen LogP contribution >= 0.6 is 0 Å². The fourth-order valence-corrected chi connectivity index (χ4v) is 4.85. The van der Waals surface area contributed by atoms with Crippen molar-refractivity contribution in [3.05, 3.63) is 119 Å². The molecule has 3 aromatic carbocycles. The molecule has 0 radical (unpaired) electrons. The maximum Gasteiger partial charge on any atom is 0.290 e. The molecule has 0 fully saturated rings.